The molecule has 0 radical (unpaired) electrons. The SMILES string of the molecule is CN(Cc1ccc(Cl)cc1Cl)C(=O)CCC(C)(C)CCN. The molecule has 0 spiro atoms. The summed E-state index contributed by atoms with van der Waals surface area (Å²) in [6.07, 6.45) is 2.28. The molecule has 1 aromatic carbocycles. The summed E-state index contributed by atoms with van der Waals surface area (Å²) in [6.45, 7) is 5.43. The van der Waals surface area contributed by atoms with Gasteiger partial charge in [-0.05, 0) is 42.5 Å². The summed E-state index contributed by atoms with van der Waals surface area (Å²) in [5.74, 6) is 0.117. The second-order valence-electron chi connectivity index (χ2n) is 6.19. The van der Waals surface area contributed by atoms with Gasteiger partial charge in [0.2, 0.25) is 5.91 Å². The average Bonchev–Trinajstić information content (AvgIpc) is 2.39. The quantitative estimate of drug-likeness (QED) is 0.817. The zero-order valence-electron chi connectivity index (χ0n) is 13.0. The van der Waals surface area contributed by atoms with Gasteiger partial charge in [-0.15, -0.1) is 0 Å². The van der Waals surface area contributed by atoms with Crippen molar-refractivity contribution in [2.75, 3.05) is 13.6 Å². The van der Waals surface area contributed by atoms with E-state index in [1.165, 1.54) is 0 Å². The molecule has 118 valence electrons. The molecule has 0 bridgehead atoms. The molecule has 0 aliphatic rings. The van der Waals surface area contributed by atoms with Crippen LogP contribution in [0.3, 0.4) is 0 Å². The maximum atomic E-state index is 12.2. The highest BCUT2D eigenvalue weighted by Crippen LogP contribution is 2.27. The molecule has 0 atom stereocenters. The van der Waals surface area contributed by atoms with Crippen LogP contribution in [0.2, 0.25) is 10.0 Å². The van der Waals surface area contributed by atoms with Crippen molar-refractivity contribution in [3.63, 3.8) is 0 Å². The fraction of sp³-hybridized carbons (Fsp3) is 0.562. The second-order valence-corrected chi connectivity index (χ2v) is 7.03. The van der Waals surface area contributed by atoms with Gasteiger partial charge in [-0.25, -0.2) is 0 Å². The van der Waals surface area contributed by atoms with Gasteiger partial charge < -0.3 is 10.6 Å². The molecule has 2 N–H and O–H groups in total. The van der Waals surface area contributed by atoms with E-state index < -0.39 is 0 Å². The molecule has 0 fully saturated rings. The van der Waals surface area contributed by atoms with E-state index in [-0.39, 0.29) is 11.3 Å². The number of halogens is 2. The first-order valence-corrected chi connectivity index (χ1v) is 7.89. The van der Waals surface area contributed by atoms with E-state index in [2.05, 4.69) is 13.8 Å². The molecule has 0 saturated carbocycles. The highest BCUT2D eigenvalue weighted by Gasteiger charge is 2.20. The summed E-state index contributed by atoms with van der Waals surface area (Å²) in [7, 11) is 1.79. The summed E-state index contributed by atoms with van der Waals surface area (Å²) >= 11 is 12.0. The largest absolute Gasteiger partial charge is 0.341 e. The third-order valence-corrected chi connectivity index (χ3v) is 4.27. The van der Waals surface area contributed by atoms with Crippen LogP contribution in [0.5, 0.6) is 0 Å². The number of benzene rings is 1. The number of nitrogens with zero attached hydrogens (tertiary/aromatic N) is 1. The molecule has 0 heterocycles. The van der Waals surface area contributed by atoms with Crippen LogP contribution >= 0.6 is 23.2 Å². The first-order valence-electron chi connectivity index (χ1n) is 7.13. The Morgan fingerprint density at radius 1 is 1.29 bits per heavy atom. The Bertz CT molecular complexity index is 489. The van der Waals surface area contributed by atoms with E-state index in [1.54, 1.807) is 24.1 Å². The molecule has 21 heavy (non-hydrogen) atoms. The maximum absolute atomic E-state index is 12.2. The van der Waals surface area contributed by atoms with E-state index >= 15 is 0 Å². The summed E-state index contributed by atoms with van der Waals surface area (Å²) < 4.78 is 0. The summed E-state index contributed by atoms with van der Waals surface area (Å²) in [5, 5.41) is 1.19. The van der Waals surface area contributed by atoms with Gasteiger partial charge >= 0.3 is 0 Å². The smallest absolute Gasteiger partial charge is 0.222 e. The predicted octanol–water partition coefficient (Wildman–Crippen LogP) is 4.11. The van der Waals surface area contributed by atoms with Gasteiger partial charge in [0.1, 0.15) is 0 Å². The lowest BCUT2D eigenvalue weighted by molar-refractivity contribution is -0.131. The summed E-state index contributed by atoms with van der Waals surface area (Å²) in [5.41, 5.74) is 6.59. The third kappa shape index (κ3) is 6.25. The van der Waals surface area contributed by atoms with Crippen LogP contribution in [0.1, 0.15) is 38.7 Å². The Balaban J connectivity index is 2.55. The van der Waals surface area contributed by atoms with Crippen LogP contribution in [0.25, 0.3) is 0 Å². The Kier molecular flexibility index (Phi) is 6.98. The van der Waals surface area contributed by atoms with Crippen LogP contribution in [0.15, 0.2) is 18.2 Å². The van der Waals surface area contributed by atoms with Crippen molar-refractivity contribution in [3.05, 3.63) is 33.8 Å². The normalized spacial score (nSPS) is 11.5. The average molecular weight is 331 g/mol. The molecule has 5 heteroatoms. The molecule has 0 aliphatic carbocycles. The molecule has 0 unspecified atom stereocenters. The van der Waals surface area contributed by atoms with Crippen molar-refractivity contribution in [1.29, 1.82) is 0 Å². The first kappa shape index (κ1) is 18.3. The van der Waals surface area contributed by atoms with Gasteiger partial charge in [-0.2, -0.15) is 0 Å². The van der Waals surface area contributed by atoms with Crippen LogP contribution in [0.4, 0.5) is 0 Å². The van der Waals surface area contributed by atoms with Crippen molar-refractivity contribution in [3.8, 4) is 0 Å². The number of carbonyl (C=O) groups is 1. The van der Waals surface area contributed by atoms with Crippen molar-refractivity contribution in [2.24, 2.45) is 11.1 Å². The number of nitrogens with two attached hydrogens (primary N) is 1. The minimum atomic E-state index is 0.100. The van der Waals surface area contributed by atoms with E-state index in [0.717, 1.165) is 18.4 Å². The lowest BCUT2D eigenvalue weighted by Crippen LogP contribution is -2.28. The van der Waals surface area contributed by atoms with E-state index in [9.17, 15) is 4.79 Å². The molecule has 1 aromatic rings. The lowest BCUT2D eigenvalue weighted by atomic mass is 9.84. The predicted molar refractivity (Wildman–Crippen MR) is 89.6 cm³/mol. The molecular weight excluding hydrogens is 307 g/mol. The zero-order chi connectivity index (χ0) is 16.0. The molecule has 0 saturated heterocycles. The highest BCUT2D eigenvalue weighted by molar-refractivity contribution is 6.35. The van der Waals surface area contributed by atoms with Gasteiger partial charge in [0, 0.05) is 30.1 Å². The van der Waals surface area contributed by atoms with Crippen molar-refractivity contribution < 1.29 is 4.79 Å². The van der Waals surface area contributed by atoms with Gasteiger partial charge in [0.25, 0.3) is 0 Å². The standard InChI is InChI=1S/C16H24Cl2N2O/c1-16(2,8-9-19)7-6-15(21)20(3)11-12-4-5-13(17)10-14(12)18/h4-5,10H,6-9,11,19H2,1-3H3. The van der Waals surface area contributed by atoms with Crippen LogP contribution in [0, 0.1) is 5.41 Å². The molecule has 0 aliphatic heterocycles. The van der Waals surface area contributed by atoms with E-state index in [1.807, 2.05) is 6.07 Å². The third-order valence-electron chi connectivity index (χ3n) is 3.69. The summed E-state index contributed by atoms with van der Waals surface area (Å²) in [6, 6.07) is 5.33. The maximum Gasteiger partial charge on any atom is 0.222 e. The Morgan fingerprint density at radius 3 is 2.52 bits per heavy atom. The second kappa shape index (κ2) is 8.02. The van der Waals surface area contributed by atoms with Crippen LogP contribution in [-0.4, -0.2) is 24.4 Å². The van der Waals surface area contributed by atoms with E-state index in [4.69, 9.17) is 28.9 Å². The highest BCUT2D eigenvalue weighted by atomic mass is 35.5. The minimum Gasteiger partial charge on any atom is -0.341 e. The number of rotatable bonds is 7. The topological polar surface area (TPSA) is 46.3 Å². The first-order chi connectivity index (χ1) is 9.75. The molecule has 0 aromatic heterocycles. The monoisotopic (exact) mass is 330 g/mol. The van der Waals surface area contributed by atoms with Gasteiger partial charge in [-0.3, -0.25) is 4.79 Å². The molecule has 1 amide bonds. The Hall–Kier alpha value is -0.770. The van der Waals surface area contributed by atoms with Crippen molar-refractivity contribution in [2.45, 2.75) is 39.7 Å². The van der Waals surface area contributed by atoms with Crippen molar-refractivity contribution in [1.82, 2.24) is 4.90 Å². The van der Waals surface area contributed by atoms with Crippen molar-refractivity contribution >= 4 is 29.1 Å². The Morgan fingerprint density at radius 2 is 1.95 bits per heavy atom. The van der Waals surface area contributed by atoms with Crippen LogP contribution in [-0.2, 0) is 11.3 Å². The number of hydrogen-bond acceptors (Lipinski definition) is 2. The minimum absolute atomic E-state index is 0.100. The Labute approximate surface area is 137 Å². The van der Waals surface area contributed by atoms with Crippen LogP contribution < -0.4 is 5.73 Å². The lowest BCUT2D eigenvalue weighted by Gasteiger charge is -2.25. The summed E-state index contributed by atoms with van der Waals surface area (Å²) in [4.78, 5) is 13.9. The fourth-order valence-corrected chi connectivity index (χ4v) is 2.61. The number of carbonyl (C=O) groups excluding carboxylic acids is 1. The molecule has 3 nitrogen and oxygen atoms in total. The fourth-order valence-electron chi connectivity index (χ4n) is 2.15. The number of amides is 1. The molecular formula is C16H24Cl2N2O. The van der Waals surface area contributed by atoms with Gasteiger partial charge in [-0.1, -0.05) is 43.1 Å². The number of hydrogen-bond donors (Lipinski definition) is 1. The molecule has 1 rings (SSSR count). The van der Waals surface area contributed by atoms with Gasteiger partial charge in [0.15, 0.2) is 0 Å². The van der Waals surface area contributed by atoms with Gasteiger partial charge in [0.05, 0.1) is 0 Å². The zero-order valence-corrected chi connectivity index (χ0v) is 14.5. The van der Waals surface area contributed by atoms with E-state index in [0.29, 0.717) is 29.6 Å².